The first-order chi connectivity index (χ1) is 13.8. The van der Waals surface area contributed by atoms with Gasteiger partial charge in [-0.15, -0.1) is 0 Å². The van der Waals surface area contributed by atoms with Crippen LogP contribution in [0.1, 0.15) is 33.0 Å². The molecule has 2 aromatic rings. The van der Waals surface area contributed by atoms with Crippen LogP contribution >= 0.6 is 11.6 Å². The van der Waals surface area contributed by atoms with Crippen molar-refractivity contribution in [1.29, 1.82) is 0 Å². The summed E-state index contributed by atoms with van der Waals surface area (Å²) in [6.45, 7) is 9.17. The number of rotatable bonds is 2. The molecule has 8 nitrogen and oxygen atoms in total. The molecule has 2 aliphatic rings. The molecule has 1 fully saturated rings. The Bertz CT molecular complexity index is 959. The van der Waals surface area contributed by atoms with E-state index in [1.165, 1.54) is 4.90 Å². The second-order valence-electron chi connectivity index (χ2n) is 8.43. The number of nitrogens with zero attached hydrogens (tertiary/aromatic N) is 4. The number of carboxylic acid groups (broad SMARTS) is 1. The number of anilines is 1. The van der Waals surface area contributed by atoms with Gasteiger partial charge < -0.3 is 24.1 Å². The van der Waals surface area contributed by atoms with E-state index in [4.69, 9.17) is 20.8 Å². The van der Waals surface area contributed by atoms with Crippen LogP contribution in [0.3, 0.4) is 0 Å². The summed E-state index contributed by atoms with van der Waals surface area (Å²) in [7, 11) is 0. The molecule has 1 saturated heterocycles. The number of halogens is 1. The van der Waals surface area contributed by atoms with Gasteiger partial charge in [0.25, 0.3) is 0 Å². The Morgan fingerprint density at radius 3 is 2.62 bits per heavy atom. The number of morpholine rings is 1. The normalized spacial score (nSPS) is 20.8. The van der Waals surface area contributed by atoms with Crippen molar-refractivity contribution in [3.05, 3.63) is 23.2 Å². The van der Waals surface area contributed by atoms with Gasteiger partial charge in [-0.25, -0.2) is 9.78 Å². The Kier molecular flexibility index (Phi) is 5.16. The van der Waals surface area contributed by atoms with Gasteiger partial charge in [-0.2, -0.15) is 4.98 Å². The van der Waals surface area contributed by atoms with Crippen molar-refractivity contribution < 1.29 is 19.1 Å². The number of ether oxygens (including phenoxy) is 1. The average Bonchev–Trinajstić information content (AvgIpc) is 3.10. The van der Waals surface area contributed by atoms with Crippen molar-refractivity contribution in [3.63, 3.8) is 0 Å². The van der Waals surface area contributed by atoms with E-state index in [1.807, 2.05) is 26.8 Å². The largest absolute Gasteiger partial charge is 0.465 e. The predicted octanol–water partition coefficient (Wildman–Crippen LogP) is 3.89. The smallest absolute Gasteiger partial charge is 0.407 e. The number of hydrogen-bond donors (Lipinski definition) is 1. The van der Waals surface area contributed by atoms with Gasteiger partial charge in [-0.3, -0.25) is 0 Å². The lowest BCUT2D eigenvalue weighted by atomic mass is 9.78. The van der Waals surface area contributed by atoms with Crippen molar-refractivity contribution in [1.82, 2.24) is 14.9 Å². The van der Waals surface area contributed by atoms with Gasteiger partial charge in [0.2, 0.25) is 5.28 Å². The molecule has 29 heavy (non-hydrogen) atoms. The van der Waals surface area contributed by atoms with Gasteiger partial charge in [0.05, 0.1) is 19.3 Å². The van der Waals surface area contributed by atoms with E-state index in [2.05, 4.69) is 20.9 Å². The van der Waals surface area contributed by atoms with Gasteiger partial charge in [-0.1, -0.05) is 26.8 Å². The first-order valence-corrected chi connectivity index (χ1v) is 10.1. The Balaban J connectivity index is 1.81. The van der Waals surface area contributed by atoms with Crippen LogP contribution in [0.15, 0.2) is 16.6 Å². The molecular formula is C20H25ClN4O4. The molecule has 0 aromatic carbocycles. The highest BCUT2D eigenvalue weighted by molar-refractivity contribution is 6.28. The van der Waals surface area contributed by atoms with Gasteiger partial charge in [0.1, 0.15) is 11.3 Å². The summed E-state index contributed by atoms with van der Waals surface area (Å²) < 4.78 is 11.7. The molecule has 4 rings (SSSR count). The third-order valence-electron chi connectivity index (χ3n) is 5.33. The van der Waals surface area contributed by atoms with Crippen LogP contribution in [-0.4, -0.2) is 65.0 Å². The molecule has 4 heterocycles. The molecule has 156 valence electrons. The topological polar surface area (TPSA) is 91.9 Å². The van der Waals surface area contributed by atoms with E-state index >= 15 is 0 Å². The van der Waals surface area contributed by atoms with Crippen molar-refractivity contribution in [2.45, 2.75) is 33.2 Å². The van der Waals surface area contributed by atoms with E-state index in [0.717, 1.165) is 5.57 Å². The summed E-state index contributed by atoms with van der Waals surface area (Å²) in [6.07, 6.45) is 1.77. The summed E-state index contributed by atoms with van der Waals surface area (Å²) in [5.74, 6) is 1.25. The van der Waals surface area contributed by atoms with Crippen molar-refractivity contribution in [2.24, 2.45) is 5.41 Å². The number of amides is 1. The molecule has 1 atom stereocenters. The van der Waals surface area contributed by atoms with E-state index in [-0.39, 0.29) is 16.7 Å². The highest BCUT2D eigenvalue weighted by Crippen LogP contribution is 2.40. The Hall–Kier alpha value is -2.32. The lowest BCUT2D eigenvalue weighted by Gasteiger charge is -2.42. The summed E-state index contributed by atoms with van der Waals surface area (Å²) in [6, 6.07) is 1.51. The van der Waals surface area contributed by atoms with Crippen LogP contribution in [0.5, 0.6) is 0 Å². The van der Waals surface area contributed by atoms with E-state index in [1.54, 1.807) is 0 Å². The lowest BCUT2D eigenvalue weighted by molar-refractivity contribution is 0.102. The number of fused-ring (bicyclic) bond motifs is 1. The molecule has 1 amide bonds. The minimum absolute atomic E-state index is 0.156. The number of aromatic nitrogens is 2. The maximum absolute atomic E-state index is 11.9. The molecule has 0 bridgehead atoms. The standard InChI is InChI=1S/C20H25ClN4O4/c1-20(2,3)16-12(5-4-6-25(16)19(26)27)14-11-13-15(29-14)17(23-18(21)22-13)24-7-9-28-10-8-24/h5,11,16H,4,6-10H2,1-3H3,(H,26,27). The van der Waals surface area contributed by atoms with Crippen LogP contribution in [0.25, 0.3) is 16.7 Å². The molecule has 0 radical (unpaired) electrons. The zero-order valence-electron chi connectivity index (χ0n) is 16.8. The maximum Gasteiger partial charge on any atom is 0.407 e. The fraction of sp³-hybridized carbons (Fsp3) is 0.550. The molecule has 9 heteroatoms. The fourth-order valence-corrected chi connectivity index (χ4v) is 4.33. The van der Waals surface area contributed by atoms with Gasteiger partial charge in [0, 0.05) is 31.3 Å². The van der Waals surface area contributed by atoms with Gasteiger partial charge in [-0.05, 0) is 23.4 Å². The Labute approximate surface area is 174 Å². The molecule has 0 saturated carbocycles. The third-order valence-corrected chi connectivity index (χ3v) is 5.50. The van der Waals surface area contributed by atoms with E-state index < -0.39 is 6.09 Å². The van der Waals surface area contributed by atoms with Crippen LogP contribution in [-0.2, 0) is 4.74 Å². The van der Waals surface area contributed by atoms with E-state index in [0.29, 0.717) is 61.9 Å². The highest BCUT2D eigenvalue weighted by Gasteiger charge is 2.39. The quantitative estimate of drug-likeness (QED) is 0.736. The molecular weight excluding hydrogens is 396 g/mol. The first-order valence-electron chi connectivity index (χ1n) is 9.75. The predicted molar refractivity (Wildman–Crippen MR) is 110 cm³/mol. The molecule has 2 aliphatic heterocycles. The first kappa shape index (κ1) is 20.0. The molecule has 2 aromatic heterocycles. The van der Waals surface area contributed by atoms with Crippen LogP contribution in [0.2, 0.25) is 5.28 Å². The zero-order chi connectivity index (χ0) is 20.8. The average molecular weight is 421 g/mol. The summed E-state index contributed by atoms with van der Waals surface area (Å²) in [5.41, 5.74) is 1.72. The summed E-state index contributed by atoms with van der Waals surface area (Å²) in [5, 5.41) is 9.89. The zero-order valence-corrected chi connectivity index (χ0v) is 17.6. The summed E-state index contributed by atoms with van der Waals surface area (Å²) in [4.78, 5) is 24.2. The Morgan fingerprint density at radius 2 is 1.97 bits per heavy atom. The van der Waals surface area contributed by atoms with Crippen molar-refractivity contribution in [2.75, 3.05) is 37.7 Å². The molecule has 1 N–H and O–H groups in total. The van der Waals surface area contributed by atoms with Crippen LogP contribution in [0.4, 0.5) is 10.6 Å². The van der Waals surface area contributed by atoms with E-state index in [9.17, 15) is 9.90 Å². The monoisotopic (exact) mass is 420 g/mol. The fourth-order valence-electron chi connectivity index (χ4n) is 4.16. The number of carbonyl (C=O) groups is 1. The molecule has 0 aliphatic carbocycles. The van der Waals surface area contributed by atoms with Gasteiger partial charge >= 0.3 is 6.09 Å². The molecule has 1 unspecified atom stereocenters. The van der Waals surface area contributed by atoms with Crippen molar-refractivity contribution >= 4 is 40.2 Å². The lowest BCUT2D eigenvalue weighted by Crippen LogP contribution is -2.49. The number of hydrogen-bond acceptors (Lipinski definition) is 6. The third kappa shape index (κ3) is 3.79. The Morgan fingerprint density at radius 1 is 1.24 bits per heavy atom. The minimum Gasteiger partial charge on any atom is -0.465 e. The maximum atomic E-state index is 11.9. The second-order valence-corrected chi connectivity index (χ2v) is 8.77. The van der Waals surface area contributed by atoms with Crippen LogP contribution < -0.4 is 4.90 Å². The summed E-state index contributed by atoms with van der Waals surface area (Å²) >= 11 is 6.18. The molecule has 0 spiro atoms. The highest BCUT2D eigenvalue weighted by atomic mass is 35.5. The van der Waals surface area contributed by atoms with Crippen molar-refractivity contribution in [3.8, 4) is 0 Å². The number of furan rings is 1. The van der Waals surface area contributed by atoms with Crippen LogP contribution in [0, 0.1) is 5.41 Å². The SMILES string of the molecule is CC(C)(C)C1C(c2cc3nc(Cl)nc(N4CCOCC4)c3o2)=CCCN1C(=O)O. The minimum atomic E-state index is -0.927. The van der Waals surface area contributed by atoms with Gasteiger partial charge in [0.15, 0.2) is 11.4 Å². The second kappa shape index (κ2) is 7.50.